The first-order valence-electron chi connectivity index (χ1n) is 17.5. The highest BCUT2D eigenvalue weighted by Gasteiger charge is 2.52. The van der Waals surface area contributed by atoms with Crippen molar-refractivity contribution < 1.29 is 28.6 Å². The van der Waals surface area contributed by atoms with Gasteiger partial charge in [-0.15, -0.1) is 0 Å². The fourth-order valence-corrected chi connectivity index (χ4v) is 8.64. The van der Waals surface area contributed by atoms with Gasteiger partial charge in [-0.25, -0.2) is 14.8 Å². The largest absolute Gasteiger partial charge is 0.497 e. The third-order valence-corrected chi connectivity index (χ3v) is 11.2. The molecule has 2 aliphatic heterocycles. The number of benzene rings is 1. The summed E-state index contributed by atoms with van der Waals surface area (Å²) in [5, 5.41) is 3.05. The van der Waals surface area contributed by atoms with Crippen molar-refractivity contribution in [3.63, 3.8) is 0 Å². The lowest BCUT2D eigenvalue weighted by molar-refractivity contribution is -0.142. The van der Waals surface area contributed by atoms with Crippen molar-refractivity contribution in [2.24, 2.45) is 17.3 Å². The number of fused-ring (bicyclic) bond motifs is 5. The van der Waals surface area contributed by atoms with Crippen molar-refractivity contribution in [1.82, 2.24) is 20.2 Å². The molecule has 1 aromatic heterocycles. The Morgan fingerprint density at radius 2 is 1.78 bits per heavy atom. The van der Waals surface area contributed by atoms with E-state index in [0.717, 1.165) is 81.8 Å². The van der Waals surface area contributed by atoms with Crippen LogP contribution in [0.4, 0.5) is 4.79 Å². The number of alkyl carbamates (subject to hydrolysis) is 1. The Morgan fingerprint density at radius 3 is 2.52 bits per heavy atom. The summed E-state index contributed by atoms with van der Waals surface area (Å²) in [5.41, 5.74) is 1.82. The van der Waals surface area contributed by atoms with Gasteiger partial charge in [0.2, 0.25) is 11.8 Å². The molecular weight excluding hydrogens is 584 g/mol. The van der Waals surface area contributed by atoms with Crippen LogP contribution in [0.1, 0.15) is 104 Å². The monoisotopic (exact) mass is 634 g/mol. The Kier molecular flexibility index (Phi) is 9.71. The second-order valence-corrected chi connectivity index (χ2v) is 14.3. The summed E-state index contributed by atoms with van der Waals surface area (Å²) in [5.74, 6) is 0.914. The van der Waals surface area contributed by atoms with Crippen LogP contribution in [0.3, 0.4) is 0 Å². The minimum absolute atomic E-state index is 0.0848. The van der Waals surface area contributed by atoms with Crippen LogP contribution in [0.15, 0.2) is 18.2 Å². The van der Waals surface area contributed by atoms with Crippen LogP contribution in [0.2, 0.25) is 0 Å². The molecule has 10 heteroatoms. The lowest BCUT2D eigenvalue weighted by Crippen LogP contribution is -2.58. The van der Waals surface area contributed by atoms with Gasteiger partial charge in [-0.05, 0) is 88.2 Å². The first kappa shape index (κ1) is 32.5. The van der Waals surface area contributed by atoms with E-state index in [4.69, 9.17) is 24.2 Å². The minimum Gasteiger partial charge on any atom is -0.497 e. The first-order chi connectivity index (χ1) is 22.2. The third kappa shape index (κ3) is 6.54. The third-order valence-electron chi connectivity index (χ3n) is 11.2. The molecule has 1 aromatic carbocycles. The fraction of sp³-hybridized carbons (Fsp3) is 0.694. The summed E-state index contributed by atoms with van der Waals surface area (Å²) in [6.45, 7) is 5.89. The molecule has 2 bridgehead atoms. The summed E-state index contributed by atoms with van der Waals surface area (Å²) in [4.78, 5) is 53.0. The van der Waals surface area contributed by atoms with E-state index < -0.39 is 29.7 Å². The lowest BCUT2D eigenvalue weighted by atomic mass is 9.79. The maximum atomic E-state index is 14.6. The van der Waals surface area contributed by atoms with Crippen LogP contribution in [-0.4, -0.2) is 70.6 Å². The summed E-state index contributed by atoms with van der Waals surface area (Å²) in [6.07, 6.45) is 10.8. The number of nitrogens with one attached hydrogen (secondary N) is 1. The Morgan fingerprint density at radius 1 is 1.00 bits per heavy atom. The van der Waals surface area contributed by atoms with E-state index in [1.54, 1.807) is 18.9 Å². The van der Waals surface area contributed by atoms with Gasteiger partial charge in [-0.2, -0.15) is 0 Å². The number of hydrogen-bond donors (Lipinski definition) is 1. The molecular formula is C36H50N4O6. The van der Waals surface area contributed by atoms with Gasteiger partial charge >= 0.3 is 6.09 Å². The maximum Gasteiger partial charge on any atom is 0.408 e. The molecule has 3 fully saturated rings. The average molecular weight is 635 g/mol. The molecule has 2 saturated carbocycles. The number of ketones is 1. The Balaban J connectivity index is 1.39. The molecule has 10 nitrogen and oxygen atoms in total. The molecule has 0 radical (unpaired) electrons. The maximum absolute atomic E-state index is 14.6. The van der Waals surface area contributed by atoms with Crippen LogP contribution in [0.5, 0.6) is 11.6 Å². The number of aromatic nitrogens is 2. The van der Waals surface area contributed by atoms with E-state index in [0.29, 0.717) is 35.9 Å². The van der Waals surface area contributed by atoms with Crippen molar-refractivity contribution in [1.29, 1.82) is 0 Å². The second-order valence-electron chi connectivity index (χ2n) is 14.3. The molecule has 2 aliphatic carbocycles. The zero-order valence-corrected chi connectivity index (χ0v) is 27.9. The molecule has 2 aromatic rings. The topological polar surface area (TPSA) is 120 Å². The Hall–Kier alpha value is -3.43. The minimum atomic E-state index is -0.789. The number of ether oxygens (including phenoxy) is 3. The fourth-order valence-electron chi connectivity index (χ4n) is 8.64. The molecule has 46 heavy (non-hydrogen) atoms. The highest BCUT2D eigenvalue weighted by atomic mass is 16.6. The number of hydrogen-bond acceptors (Lipinski definition) is 8. The number of carbonyl (C=O) groups is 3. The van der Waals surface area contributed by atoms with Crippen LogP contribution < -0.4 is 14.8 Å². The first-order valence-corrected chi connectivity index (χ1v) is 17.5. The predicted octanol–water partition coefficient (Wildman–Crippen LogP) is 6.17. The highest BCUT2D eigenvalue weighted by molar-refractivity contribution is 5.92. The van der Waals surface area contributed by atoms with E-state index in [1.807, 2.05) is 25.1 Å². The molecule has 1 N–H and O–H groups in total. The van der Waals surface area contributed by atoms with Crippen molar-refractivity contribution in [3.8, 4) is 11.6 Å². The van der Waals surface area contributed by atoms with E-state index in [-0.39, 0.29) is 30.3 Å². The predicted molar refractivity (Wildman–Crippen MR) is 174 cm³/mol. The number of amides is 2. The number of aryl methyl sites for hydroxylation is 1. The van der Waals surface area contributed by atoms with Gasteiger partial charge in [-0.1, -0.05) is 39.5 Å². The van der Waals surface area contributed by atoms with Crippen LogP contribution in [0.25, 0.3) is 11.0 Å². The molecule has 0 spiro atoms. The molecule has 2 amide bonds. The van der Waals surface area contributed by atoms with Gasteiger partial charge in [0, 0.05) is 12.0 Å². The number of methoxy groups -OCH3 is 1. The van der Waals surface area contributed by atoms with Crippen LogP contribution in [0, 0.1) is 17.3 Å². The van der Waals surface area contributed by atoms with E-state index >= 15 is 0 Å². The number of rotatable bonds is 4. The van der Waals surface area contributed by atoms with E-state index in [9.17, 15) is 14.4 Å². The zero-order chi connectivity index (χ0) is 32.4. The summed E-state index contributed by atoms with van der Waals surface area (Å²) in [7, 11) is 1.62. The summed E-state index contributed by atoms with van der Waals surface area (Å²) >= 11 is 0. The van der Waals surface area contributed by atoms with Gasteiger partial charge in [0.25, 0.3) is 0 Å². The molecule has 3 heterocycles. The average Bonchev–Trinajstić information content (AvgIpc) is 3.77. The quantitative estimate of drug-likeness (QED) is 0.424. The Bertz CT molecular complexity index is 1440. The van der Waals surface area contributed by atoms with Crippen LogP contribution >= 0.6 is 0 Å². The number of nitrogens with zero attached hydrogens (tertiary/aromatic N) is 3. The van der Waals surface area contributed by atoms with Gasteiger partial charge in [0.1, 0.15) is 29.7 Å². The van der Waals surface area contributed by atoms with Crippen molar-refractivity contribution >= 4 is 28.8 Å². The molecule has 6 rings (SSSR count). The zero-order valence-electron chi connectivity index (χ0n) is 27.9. The normalized spacial score (nSPS) is 30.4. The standard InChI is InChI=1S/C36H50N4O6/c1-5-25-30-21-40(31(25)22(2)41)34(42)32(36(3)18-9-10-19-36)39-35(43)46-29-15-11-13-23(29)12-7-6-8-14-27-33(45-30)38-28-20-24(44-4)16-17-26(28)37-27/h16-17,20,23,25,29-32H,5-15,18-19,21H2,1-4H3,(H,39,43)/t23-,25-,29-,30+,31-,32-/m1/s1. The molecule has 6 atom stereocenters. The SMILES string of the molecule is CC[C@@H]1[C@@H]2CN(C(=O)[C@H](C3(C)CCCC3)NC(=O)O[C@@H]3CCC[C@H]3CCCCCc3nc4ccc(OC)cc4nc3O2)[C@@H]1C(C)=O. The van der Waals surface area contributed by atoms with E-state index in [2.05, 4.69) is 12.2 Å². The van der Waals surface area contributed by atoms with Gasteiger partial charge in [0.15, 0.2) is 5.78 Å². The van der Waals surface area contributed by atoms with Crippen LogP contribution in [-0.2, 0) is 20.7 Å². The summed E-state index contributed by atoms with van der Waals surface area (Å²) < 4.78 is 18.2. The molecule has 250 valence electrons. The van der Waals surface area contributed by atoms with Crippen molar-refractivity contribution in [3.05, 3.63) is 23.9 Å². The van der Waals surface area contributed by atoms with E-state index in [1.165, 1.54) is 0 Å². The summed E-state index contributed by atoms with van der Waals surface area (Å²) in [6, 6.07) is 4.21. The Labute approximate surface area is 272 Å². The number of carbonyl (C=O) groups excluding carboxylic acids is 3. The second kappa shape index (κ2) is 13.7. The van der Waals surface area contributed by atoms with Gasteiger partial charge in [0.05, 0.1) is 30.7 Å². The highest BCUT2D eigenvalue weighted by Crippen LogP contribution is 2.43. The smallest absolute Gasteiger partial charge is 0.408 e. The van der Waals surface area contributed by atoms with Gasteiger partial charge in [-0.3, -0.25) is 9.59 Å². The molecule has 4 aliphatic rings. The molecule has 1 saturated heterocycles. The lowest BCUT2D eigenvalue weighted by Gasteiger charge is -2.37. The molecule has 0 unspecified atom stereocenters. The number of Topliss-reactive ketones (excluding diaryl/α,β-unsaturated/α-hetero) is 1. The van der Waals surface area contributed by atoms with Crippen molar-refractivity contribution in [2.45, 2.75) is 129 Å². The van der Waals surface area contributed by atoms with Gasteiger partial charge < -0.3 is 24.4 Å². The van der Waals surface area contributed by atoms with Crippen molar-refractivity contribution in [2.75, 3.05) is 13.7 Å².